The molecule has 0 saturated heterocycles. The standard InChI is InChI=1S/C27H46N2OS/c1-3-5-7-14-20-26(27(30)28-24-16-10-8-11-17-24)29(21-6-4-2)22-15-23-31-25-18-12-9-13-19-25/h9,12-13,18-19,24,26H,3-8,10-11,14-17,20-23H2,1-2H3,(H,28,30). The summed E-state index contributed by atoms with van der Waals surface area (Å²) in [6, 6.07) is 11.1. The lowest BCUT2D eigenvalue weighted by Crippen LogP contribution is -2.50. The van der Waals surface area contributed by atoms with E-state index >= 15 is 0 Å². The molecule has 31 heavy (non-hydrogen) atoms. The number of thioether (sulfide) groups is 1. The maximum Gasteiger partial charge on any atom is 0.237 e. The number of rotatable bonds is 16. The number of benzene rings is 1. The molecular formula is C27H46N2OS. The molecule has 176 valence electrons. The zero-order valence-electron chi connectivity index (χ0n) is 20.1. The highest BCUT2D eigenvalue weighted by molar-refractivity contribution is 7.99. The second-order valence-corrected chi connectivity index (χ2v) is 10.3. The Morgan fingerprint density at radius 3 is 2.39 bits per heavy atom. The molecule has 1 aliphatic rings. The van der Waals surface area contributed by atoms with E-state index in [1.165, 1.54) is 56.3 Å². The van der Waals surface area contributed by atoms with Crippen LogP contribution in [0.25, 0.3) is 0 Å². The molecule has 0 heterocycles. The largest absolute Gasteiger partial charge is 0.352 e. The number of nitrogens with zero attached hydrogens (tertiary/aromatic N) is 1. The van der Waals surface area contributed by atoms with Crippen LogP contribution in [-0.2, 0) is 4.79 Å². The van der Waals surface area contributed by atoms with Gasteiger partial charge in [-0.2, -0.15) is 0 Å². The second-order valence-electron chi connectivity index (χ2n) is 9.11. The van der Waals surface area contributed by atoms with Gasteiger partial charge in [0.1, 0.15) is 0 Å². The summed E-state index contributed by atoms with van der Waals surface area (Å²) in [5.74, 6) is 1.41. The van der Waals surface area contributed by atoms with E-state index in [0.29, 0.717) is 11.9 Å². The third-order valence-electron chi connectivity index (χ3n) is 6.43. The van der Waals surface area contributed by atoms with Gasteiger partial charge in [0.05, 0.1) is 6.04 Å². The predicted octanol–water partition coefficient (Wildman–Crippen LogP) is 7.06. The van der Waals surface area contributed by atoms with Crippen molar-refractivity contribution in [2.24, 2.45) is 0 Å². The summed E-state index contributed by atoms with van der Waals surface area (Å²) in [4.78, 5) is 17.2. The van der Waals surface area contributed by atoms with Crippen molar-refractivity contribution < 1.29 is 4.79 Å². The van der Waals surface area contributed by atoms with E-state index in [9.17, 15) is 4.79 Å². The molecule has 3 nitrogen and oxygen atoms in total. The normalized spacial score (nSPS) is 15.8. The fraction of sp³-hybridized carbons (Fsp3) is 0.741. The molecule has 1 aliphatic carbocycles. The van der Waals surface area contributed by atoms with Crippen LogP contribution in [-0.4, -0.2) is 41.7 Å². The fourth-order valence-electron chi connectivity index (χ4n) is 4.55. The van der Waals surface area contributed by atoms with Gasteiger partial charge in [-0.1, -0.05) is 83.4 Å². The summed E-state index contributed by atoms with van der Waals surface area (Å²) < 4.78 is 0. The maximum absolute atomic E-state index is 13.4. The minimum Gasteiger partial charge on any atom is -0.352 e. The molecule has 2 rings (SSSR count). The number of hydrogen-bond donors (Lipinski definition) is 1. The van der Waals surface area contributed by atoms with Gasteiger partial charge in [0.2, 0.25) is 5.91 Å². The molecule has 0 radical (unpaired) electrons. The lowest BCUT2D eigenvalue weighted by molar-refractivity contribution is -0.127. The van der Waals surface area contributed by atoms with Crippen molar-refractivity contribution >= 4 is 17.7 Å². The van der Waals surface area contributed by atoms with Gasteiger partial charge in [-0.15, -0.1) is 11.8 Å². The van der Waals surface area contributed by atoms with Crippen molar-refractivity contribution in [3.8, 4) is 0 Å². The van der Waals surface area contributed by atoms with Gasteiger partial charge in [0.25, 0.3) is 0 Å². The zero-order valence-corrected chi connectivity index (χ0v) is 20.9. The third kappa shape index (κ3) is 10.9. The van der Waals surface area contributed by atoms with Gasteiger partial charge < -0.3 is 5.32 Å². The van der Waals surface area contributed by atoms with Crippen LogP contribution in [0.1, 0.15) is 97.3 Å². The molecule has 1 unspecified atom stereocenters. The van der Waals surface area contributed by atoms with Crippen LogP contribution in [0.2, 0.25) is 0 Å². The van der Waals surface area contributed by atoms with E-state index in [1.807, 2.05) is 11.8 Å². The third-order valence-corrected chi connectivity index (χ3v) is 7.52. The lowest BCUT2D eigenvalue weighted by atomic mass is 9.95. The molecule has 4 heteroatoms. The summed E-state index contributed by atoms with van der Waals surface area (Å²) in [5, 5.41) is 3.45. The summed E-state index contributed by atoms with van der Waals surface area (Å²) in [6.45, 7) is 6.58. The average Bonchev–Trinajstić information content (AvgIpc) is 2.80. The van der Waals surface area contributed by atoms with E-state index in [2.05, 4.69) is 54.4 Å². The zero-order chi connectivity index (χ0) is 22.2. The highest BCUT2D eigenvalue weighted by atomic mass is 32.2. The van der Waals surface area contributed by atoms with Gasteiger partial charge in [0, 0.05) is 10.9 Å². The molecule has 0 aliphatic heterocycles. The SMILES string of the molecule is CCCCCCC(C(=O)NC1CCCCC1)N(CCCC)CCCSc1ccccc1. The van der Waals surface area contributed by atoms with Crippen molar-refractivity contribution in [3.05, 3.63) is 30.3 Å². The number of carbonyl (C=O) groups is 1. The smallest absolute Gasteiger partial charge is 0.237 e. The Balaban J connectivity index is 1.93. The van der Waals surface area contributed by atoms with Gasteiger partial charge in [0.15, 0.2) is 0 Å². The lowest BCUT2D eigenvalue weighted by Gasteiger charge is -2.33. The second kappa shape index (κ2) is 16.6. The van der Waals surface area contributed by atoms with E-state index < -0.39 is 0 Å². The Morgan fingerprint density at radius 2 is 1.68 bits per heavy atom. The van der Waals surface area contributed by atoms with E-state index in [-0.39, 0.29) is 6.04 Å². The molecule has 1 atom stereocenters. The minimum absolute atomic E-state index is 0.0482. The quantitative estimate of drug-likeness (QED) is 0.218. The first-order valence-corrected chi connectivity index (χ1v) is 14.0. The summed E-state index contributed by atoms with van der Waals surface area (Å²) >= 11 is 1.93. The molecule has 1 aromatic carbocycles. The van der Waals surface area contributed by atoms with Gasteiger partial charge in [-0.25, -0.2) is 0 Å². The topological polar surface area (TPSA) is 32.3 Å². The van der Waals surface area contributed by atoms with Crippen molar-refractivity contribution in [2.45, 2.75) is 114 Å². The highest BCUT2D eigenvalue weighted by Gasteiger charge is 2.27. The average molecular weight is 447 g/mol. The monoisotopic (exact) mass is 446 g/mol. The first-order valence-electron chi connectivity index (χ1n) is 13.0. The summed E-state index contributed by atoms with van der Waals surface area (Å²) in [6.07, 6.45) is 15.6. The minimum atomic E-state index is 0.0482. The molecule has 1 N–H and O–H groups in total. The maximum atomic E-state index is 13.4. The van der Waals surface area contributed by atoms with Crippen LogP contribution >= 0.6 is 11.8 Å². The molecule has 1 amide bonds. The van der Waals surface area contributed by atoms with Crippen molar-refractivity contribution in [1.82, 2.24) is 10.2 Å². The Morgan fingerprint density at radius 1 is 0.968 bits per heavy atom. The number of unbranched alkanes of at least 4 members (excludes halogenated alkanes) is 4. The van der Waals surface area contributed by atoms with Crippen molar-refractivity contribution in [2.75, 3.05) is 18.8 Å². The molecule has 1 aromatic rings. The van der Waals surface area contributed by atoms with Gasteiger partial charge in [-0.05, 0) is 63.1 Å². The van der Waals surface area contributed by atoms with Crippen molar-refractivity contribution in [1.29, 1.82) is 0 Å². The van der Waals surface area contributed by atoms with E-state index in [0.717, 1.165) is 50.9 Å². The van der Waals surface area contributed by atoms with Crippen LogP contribution in [0.3, 0.4) is 0 Å². The van der Waals surface area contributed by atoms with Crippen LogP contribution in [0, 0.1) is 0 Å². The first kappa shape index (κ1) is 26.3. The molecule has 1 fully saturated rings. The molecule has 0 spiro atoms. The number of hydrogen-bond acceptors (Lipinski definition) is 3. The fourth-order valence-corrected chi connectivity index (χ4v) is 5.41. The predicted molar refractivity (Wildman–Crippen MR) is 136 cm³/mol. The van der Waals surface area contributed by atoms with Crippen LogP contribution < -0.4 is 5.32 Å². The van der Waals surface area contributed by atoms with Gasteiger partial charge >= 0.3 is 0 Å². The highest BCUT2D eigenvalue weighted by Crippen LogP contribution is 2.21. The first-order chi connectivity index (χ1) is 15.2. The van der Waals surface area contributed by atoms with E-state index in [1.54, 1.807) is 0 Å². The van der Waals surface area contributed by atoms with Crippen LogP contribution in [0.5, 0.6) is 0 Å². The summed E-state index contributed by atoms with van der Waals surface area (Å²) in [5.41, 5.74) is 0. The molecule has 0 bridgehead atoms. The Hall–Kier alpha value is -1.00. The number of nitrogens with one attached hydrogen (secondary N) is 1. The molecule has 0 aromatic heterocycles. The van der Waals surface area contributed by atoms with Crippen LogP contribution in [0.15, 0.2) is 35.2 Å². The molecule has 1 saturated carbocycles. The Kier molecular flexibility index (Phi) is 14.1. The summed E-state index contributed by atoms with van der Waals surface area (Å²) in [7, 11) is 0. The Labute approximate surface area is 196 Å². The van der Waals surface area contributed by atoms with E-state index in [4.69, 9.17) is 0 Å². The number of carbonyl (C=O) groups excluding carboxylic acids is 1. The Bertz CT molecular complexity index is 574. The van der Waals surface area contributed by atoms with Crippen molar-refractivity contribution in [3.63, 3.8) is 0 Å². The number of amides is 1. The molecular weight excluding hydrogens is 400 g/mol. The van der Waals surface area contributed by atoms with Gasteiger partial charge in [-0.3, -0.25) is 9.69 Å². The van der Waals surface area contributed by atoms with Crippen LogP contribution in [0.4, 0.5) is 0 Å².